The van der Waals surface area contributed by atoms with Gasteiger partial charge in [0.15, 0.2) is 0 Å². The van der Waals surface area contributed by atoms with Gasteiger partial charge >= 0.3 is 0 Å². The molecule has 0 heterocycles. The van der Waals surface area contributed by atoms with Crippen LogP contribution >= 0.6 is 0 Å². The summed E-state index contributed by atoms with van der Waals surface area (Å²) >= 11 is 0. The molecule has 1 amide bonds. The van der Waals surface area contributed by atoms with Crippen LogP contribution in [0.25, 0.3) is 0 Å². The highest BCUT2D eigenvalue weighted by Gasteiger charge is 2.20. The van der Waals surface area contributed by atoms with Crippen molar-refractivity contribution >= 4 is 5.91 Å². The highest BCUT2D eigenvalue weighted by molar-refractivity contribution is 5.97. The predicted molar refractivity (Wildman–Crippen MR) is 82.9 cm³/mol. The molecule has 3 nitrogen and oxygen atoms in total. The second-order valence-electron chi connectivity index (χ2n) is 6.28. The van der Waals surface area contributed by atoms with E-state index in [0.717, 1.165) is 36.1 Å². The SMILES string of the molecule is Cc1cc(C)c(C(=O)NCC2CCCC(N)C2)c(C)c1. The minimum atomic E-state index is 0.0548. The van der Waals surface area contributed by atoms with Crippen LogP contribution in [0, 0.1) is 26.7 Å². The average molecular weight is 274 g/mol. The van der Waals surface area contributed by atoms with E-state index in [1.54, 1.807) is 0 Å². The van der Waals surface area contributed by atoms with Crippen molar-refractivity contribution < 1.29 is 4.79 Å². The molecule has 1 saturated carbocycles. The third-order valence-electron chi connectivity index (χ3n) is 4.28. The molecule has 110 valence electrons. The smallest absolute Gasteiger partial charge is 0.251 e. The summed E-state index contributed by atoms with van der Waals surface area (Å²) < 4.78 is 0. The zero-order chi connectivity index (χ0) is 14.7. The number of carbonyl (C=O) groups is 1. The summed E-state index contributed by atoms with van der Waals surface area (Å²) in [5.41, 5.74) is 10.1. The maximum absolute atomic E-state index is 12.4. The third kappa shape index (κ3) is 3.60. The first kappa shape index (κ1) is 15.0. The van der Waals surface area contributed by atoms with Gasteiger partial charge in [0.1, 0.15) is 0 Å². The van der Waals surface area contributed by atoms with Crippen molar-refractivity contribution in [1.29, 1.82) is 0 Å². The molecule has 1 aliphatic carbocycles. The first-order chi connectivity index (χ1) is 9.47. The van der Waals surface area contributed by atoms with E-state index in [1.165, 1.54) is 18.4 Å². The molecule has 3 N–H and O–H groups in total. The summed E-state index contributed by atoms with van der Waals surface area (Å²) in [6.45, 7) is 6.82. The second kappa shape index (κ2) is 6.40. The molecule has 2 atom stereocenters. The van der Waals surface area contributed by atoms with E-state index < -0.39 is 0 Å². The Morgan fingerprint density at radius 2 is 1.90 bits per heavy atom. The number of nitrogens with one attached hydrogen (secondary N) is 1. The van der Waals surface area contributed by atoms with Crippen LogP contribution in [0.2, 0.25) is 0 Å². The second-order valence-corrected chi connectivity index (χ2v) is 6.28. The number of hydrogen-bond acceptors (Lipinski definition) is 2. The number of aryl methyl sites for hydroxylation is 3. The lowest BCUT2D eigenvalue weighted by atomic mass is 9.86. The van der Waals surface area contributed by atoms with Gasteiger partial charge in [0.25, 0.3) is 5.91 Å². The van der Waals surface area contributed by atoms with E-state index >= 15 is 0 Å². The molecule has 0 radical (unpaired) electrons. The topological polar surface area (TPSA) is 55.1 Å². The number of rotatable bonds is 3. The summed E-state index contributed by atoms with van der Waals surface area (Å²) in [5, 5.41) is 3.10. The lowest BCUT2D eigenvalue weighted by Gasteiger charge is -2.26. The van der Waals surface area contributed by atoms with Crippen LogP contribution in [0.1, 0.15) is 52.7 Å². The van der Waals surface area contributed by atoms with E-state index in [1.807, 2.05) is 13.8 Å². The number of carbonyl (C=O) groups excluding carboxylic acids is 1. The monoisotopic (exact) mass is 274 g/mol. The Balaban J connectivity index is 1.98. The fourth-order valence-electron chi connectivity index (χ4n) is 3.38. The van der Waals surface area contributed by atoms with Crippen LogP contribution in [-0.4, -0.2) is 18.5 Å². The van der Waals surface area contributed by atoms with E-state index in [-0.39, 0.29) is 5.91 Å². The van der Waals surface area contributed by atoms with Gasteiger partial charge in [-0.3, -0.25) is 4.79 Å². The van der Waals surface area contributed by atoms with Crippen LogP contribution in [0.3, 0.4) is 0 Å². The highest BCUT2D eigenvalue weighted by Crippen LogP contribution is 2.23. The maximum atomic E-state index is 12.4. The van der Waals surface area contributed by atoms with Gasteiger partial charge in [-0.2, -0.15) is 0 Å². The summed E-state index contributed by atoms with van der Waals surface area (Å²) in [6, 6.07) is 4.45. The molecular weight excluding hydrogens is 248 g/mol. The van der Waals surface area contributed by atoms with E-state index in [2.05, 4.69) is 24.4 Å². The van der Waals surface area contributed by atoms with E-state index in [4.69, 9.17) is 5.73 Å². The highest BCUT2D eigenvalue weighted by atomic mass is 16.1. The molecule has 1 fully saturated rings. The van der Waals surface area contributed by atoms with Gasteiger partial charge in [0.2, 0.25) is 0 Å². The van der Waals surface area contributed by atoms with Gasteiger partial charge in [-0.1, -0.05) is 24.1 Å². The number of hydrogen-bond donors (Lipinski definition) is 2. The fraction of sp³-hybridized carbons (Fsp3) is 0.588. The average Bonchev–Trinajstić information content (AvgIpc) is 2.35. The molecule has 1 aliphatic rings. The Bertz CT molecular complexity index is 473. The Morgan fingerprint density at radius 1 is 1.25 bits per heavy atom. The lowest BCUT2D eigenvalue weighted by molar-refractivity contribution is 0.0941. The van der Waals surface area contributed by atoms with Gasteiger partial charge < -0.3 is 11.1 Å². The predicted octanol–water partition coefficient (Wildman–Crippen LogP) is 2.86. The fourth-order valence-corrected chi connectivity index (χ4v) is 3.38. The zero-order valence-electron chi connectivity index (χ0n) is 12.8. The van der Waals surface area contributed by atoms with Gasteiger partial charge in [-0.05, 0) is 57.1 Å². The molecular formula is C17H26N2O. The molecule has 0 aliphatic heterocycles. The minimum Gasteiger partial charge on any atom is -0.352 e. The van der Waals surface area contributed by atoms with Crippen LogP contribution in [0.5, 0.6) is 0 Å². The first-order valence-corrected chi connectivity index (χ1v) is 7.59. The van der Waals surface area contributed by atoms with Crippen molar-refractivity contribution in [2.24, 2.45) is 11.7 Å². The van der Waals surface area contributed by atoms with Crippen molar-refractivity contribution in [3.05, 3.63) is 34.4 Å². The van der Waals surface area contributed by atoms with Gasteiger partial charge in [0.05, 0.1) is 0 Å². The lowest BCUT2D eigenvalue weighted by Crippen LogP contribution is -2.36. The summed E-state index contributed by atoms with van der Waals surface area (Å²) in [6.07, 6.45) is 4.52. The third-order valence-corrected chi connectivity index (χ3v) is 4.28. The molecule has 0 saturated heterocycles. The molecule has 1 aromatic carbocycles. The van der Waals surface area contributed by atoms with Crippen LogP contribution in [0.4, 0.5) is 0 Å². The summed E-state index contributed by atoms with van der Waals surface area (Å²) in [4.78, 5) is 12.4. The molecule has 0 aromatic heterocycles. The Morgan fingerprint density at radius 3 is 2.50 bits per heavy atom. The van der Waals surface area contributed by atoms with Crippen LogP contribution in [0.15, 0.2) is 12.1 Å². The first-order valence-electron chi connectivity index (χ1n) is 7.59. The van der Waals surface area contributed by atoms with Crippen LogP contribution in [-0.2, 0) is 0 Å². The molecule has 2 rings (SSSR count). The Labute approximate surface area is 121 Å². The standard InChI is InChI=1S/C17H26N2O/c1-11-7-12(2)16(13(3)8-11)17(20)19-10-14-5-4-6-15(18)9-14/h7-8,14-15H,4-6,9-10,18H2,1-3H3,(H,19,20). The maximum Gasteiger partial charge on any atom is 0.251 e. The van der Waals surface area contributed by atoms with Gasteiger partial charge in [-0.25, -0.2) is 0 Å². The molecule has 0 bridgehead atoms. The summed E-state index contributed by atoms with van der Waals surface area (Å²) in [7, 11) is 0. The molecule has 2 unspecified atom stereocenters. The van der Waals surface area contributed by atoms with Crippen molar-refractivity contribution in [3.63, 3.8) is 0 Å². The normalized spacial score (nSPS) is 22.6. The largest absolute Gasteiger partial charge is 0.352 e. The van der Waals surface area contributed by atoms with Gasteiger partial charge in [0, 0.05) is 18.2 Å². The molecule has 0 spiro atoms. The number of nitrogens with two attached hydrogens (primary N) is 1. The minimum absolute atomic E-state index is 0.0548. The number of amides is 1. The number of benzene rings is 1. The van der Waals surface area contributed by atoms with Crippen LogP contribution < -0.4 is 11.1 Å². The zero-order valence-corrected chi connectivity index (χ0v) is 12.8. The molecule has 1 aromatic rings. The summed E-state index contributed by atoms with van der Waals surface area (Å²) in [5.74, 6) is 0.591. The molecule has 3 heteroatoms. The Hall–Kier alpha value is -1.35. The molecule has 20 heavy (non-hydrogen) atoms. The van der Waals surface area contributed by atoms with Crippen molar-refractivity contribution in [2.45, 2.75) is 52.5 Å². The van der Waals surface area contributed by atoms with Crippen molar-refractivity contribution in [1.82, 2.24) is 5.32 Å². The van der Waals surface area contributed by atoms with Crippen molar-refractivity contribution in [3.8, 4) is 0 Å². The van der Waals surface area contributed by atoms with E-state index in [9.17, 15) is 4.79 Å². The van der Waals surface area contributed by atoms with Gasteiger partial charge in [-0.15, -0.1) is 0 Å². The Kier molecular flexibility index (Phi) is 4.81. The van der Waals surface area contributed by atoms with Crippen molar-refractivity contribution in [2.75, 3.05) is 6.54 Å². The van der Waals surface area contributed by atoms with E-state index in [0.29, 0.717) is 12.0 Å². The quantitative estimate of drug-likeness (QED) is 0.890.